The van der Waals surface area contributed by atoms with Crippen molar-refractivity contribution in [2.45, 2.75) is 26.2 Å². The summed E-state index contributed by atoms with van der Waals surface area (Å²) in [6.07, 6.45) is 11.6. The first kappa shape index (κ1) is 20.4. The highest BCUT2D eigenvalue weighted by Gasteiger charge is 2.14. The predicted octanol–water partition coefficient (Wildman–Crippen LogP) is 7.67. The lowest BCUT2D eigenvalue weighted by atomic mass is 9.98. The van der Waals surface area contributed by atoms with E-state index in [0.29, 0.717) is 0 Å². The van der Waals surface area contributed by atoms with Crippen molar-refractivity contribution in [1.29, 1.82) is 0 Å². The van der Waals surface area contributed by atoms with Crippen LogP contribution in [0.1, 0.15) is 48.1 Å². The second-order valence-electron chi connectivity index (χ2n) is 8.81. The standard InChI is InChI=1S/C30H26N4/c1-2-3-9-27-28-18-25-14-12-23(32-25)16-21-10-11-22(31-21)17-24-13-15-26(33-24)19-29(34-28)30(27)20-7-5-4-6-8-20/h4-8,10-19,31,34H,2-3,9H2,1H3. The highest BCUT2D eigenvalue weighted by atomic mass is 14.8. The summed E-state index contributed by atoms with van der Waals surface area (Å²) in [4.78, 5) is 16.9. The first-order chi connectivity index (χ1) is 16.7. The molecule has 0 amide bonds. The van der Waals surface area contributed by atoms with Crippen LogP contribution < -0.4 is 0 Å². The van der Waals surface area contributed by atoms with Crippen molar-refractivity contribution in [2.75, 3.05) is 0 Å². The molecule has 0 spiro atoms. The van der Waals surface area contributed by atoms with Crippen molar-refractivity contribution in [3.05, 3.63) is 95.1 Å². The molecule has 2 N–H and O–H groups in total. The molecule has 2 aliphatic heterocycles. The summed E-state index contributed by atoms with van der Waals surface area (Å²) in [5.41, 5.74) is 11.8. The van der Waals surface area contributed by atoms with Gasteiger partial charge in [-0.15, -0.1) is 0 Å². The molecule has 0 saturated heterocycles. The van der Waals surface area contributed by atoms with Crippen LogP contribution in [0.25, 0.3) is 57.5 Å². The zero-order valence-electron chi connectivity index (χ0n) is 19.2. The SMILES string of the molecule is CCCCc1c(-c2ccccc2)c2cc3nc(cc4ccc(cc5nc(cc1[nH]2)C=C5)[nH]4)C=C3. The summed E-state index contributed by atoms with van der Waals surface area (Å²) < 4.78 is 0. The summed E-state index contributed by atoms with van der Waals surface area (Å²) in [5, 5.41) is 0. The van der Waals surface area contributed by atoms with Gasteiger partial charge < -0.3 is 9.97 Å². The Labute approximate surface area is 198 Å². The van der Waals surface area contributed by atoms with Gasteiger partial charge in [-0.05, 0) is 84.7 Å². The number of hydrogen-bond donors (Lipinski definition) is 2. The van der Waals surface area contributed by atoms with Gasteiger partial charge in [-0.25, -0.2) is 9.97 Å². The molecular formula is C30H26N4. The van der Waals surface area contributed by atoms with E-state index in [4.69, 9.17) is 9.97 Å². The van der Waals surface area contributed by atoms with Gasteiger partial charge in [0.25, 0.3) is 0 Å². The van der Waals surface area contributed by atoms with Gasteiger partial charge >= 0.3 is 0 Å². The van der Waals surface area contributed by atoms with Crippen molar-refractivity contribution in [3.8, 4) is 11.1 Å². The molecule has 0 saturated carbocycles. The molecule has 8 bridgehead atoms. The minimum absolute atomic E-state index is 0.936. The Morgan fingerprint density at radius 1 is 0.647 bits per heavy atom. The molecular weight excluding hydrogens is 416 g/mol. The first-order valence-corrected chi connectivity index (χ1v) is 11.9. The molecule has 34 heavy (non-hydrogen) atoms. The first-order valence-electron chi connectivity index (χ1n) is 11.9. The van der Waals surface area contributed by atoms with Gasteiger partial charge in [0.15, 0.2) is 0 Å². The summed E-state index contributed by atoms with van der Waals surface area (Å²) in [6, 6.07) is 23.3. The number of nitrogens with zero attached hydrogens (tertiary/aromatic N) is 2. The highest BCUT2D eigenvalue weighted by molar-refractivity contribution is 5.91. The van der Waals surface area contributed by atoms with E-state index >= 15 is 0 Å². The molecule has 3 aromatic heterocycles. The van der Waals surface area contributed by atoms with Gasteiger partial charge in [0.05, 0.1) is 22.8 Å². The lowest BCUT2D eigenvalue weighted by Gasteiger charge is -2.05. The normalized spacial score (nSPS) is 12.4. The lowest BCUT2D eigenvalue weighted by molar-refractivity contribution is 0.800. The fourth-order valence-electron chi connectivity index (χ4n) is 4.68. The zero-order chi connectivity index (χ0) is 22.9. The van der Waals surface area contributed by atoms with Crippen molar-refractivity contribution < 1.29 is 0 Å². The largest absolute Gasteiger partial charge is 0.355 e. The zero-order valence-corrected chi connectivity index (χ0v) is 19.2. The number of unbranched alkanes of at least 4 members (excludes halogenated alkanes) is 1. The number of fused-ring (bicyclic) bond motifs is 8. The third-order valence-electron chi connectivity index (χ3n) is 6.30. The van der Waals surface area contributed by atoms with E-state index in [-0.39, 0.29) is 0 Å². The Morgan fingerprint density at radius 3 is 1.85 bits per heavy atom. The van der Waals surface area contributed by atoms with Crippen LogP contribution in [-0.2, 0) is 6.42 Å². The molecule has 4 heteroatoms. The van der Waals surface area contributed by atoms with Gasteiger partial charge in [0.1, 0.15) is 0 Å². The van der Waals surface area contributed by atoms with E-state index in [2.05, 4.69) is 108 Å². The maximum absolute atomic E-state index is 4.86. The average Bonchev–Trinajstić information content (AvgIpc) is 3.63. The number of aromatic nitrogens is 4. The molecule has 0 aliphatic carbocycles. The molecule has 1 aromatic carbocycles. The quantitative estimate of drug-likeness (QED) is 0.294. The number of hydrogen-bond acceptors (Lipinski definition) is 2. The second-order valence-corrected chi connectivity index (χ2v) is 8.81. The van der Waals surface area contributed by atoms with Crippen molar-refractivity contribution in [2.24, 2.45) is 0 Å². The molecule has 0 unspecified atom stereocenters. The molecule has 4 aromatic rings. The van der Waals surface area contributed by atoms with E-state index < -0.39 is 0 Å². The molecule has 2 aliphatic rings. The van der Waals surface area contributed by atoms with E-state index in [1.54, 1.807) is 0 Å². The minimum atomic E-state index is 0.936. The Kier molecular flexibility index (Phi) is 5.19. The third kappa shape index (κ3) is 3.99. The van der Waals surface area contributed by atoms with Crippen LogP contribution in [0.5, 0.6) is 0 Å². The van der Waals surface area contributed by atoms with Crippen LogP contribution in [0.15, 0.2) is 66.7 Å². The average molecular weight is 443 g/mol. The van der Waals surface area contributed by atoms with Gasteiger partial charge in [0, 0.05) is 27.6 Å². The molecule has 0 fully saturated rings. The number of nitrogens with one attached hydrogen (secondary N) is 2. The van der Waals surface area contributed by atoms with Gasteiger partial charge in [-0.3, -0.25) is 0 Å². The number of H-pyrrole nitrogens is 2. The minimum Gasteiger partial charge on any atom is -0.355 e. The fraction of sp³-hybridized carbons (Fsp3) is 0.133. The van der Waals surface area contributed by atoms with Crippen molar-refractivity contribution in [3.63, 3.8) is 0 Å². The number of aromatic amines is 2. The van der Waals surface area contributed by atoms with Crippen molar-refractivity contribution in [1.82, 2.24) is 19.9 Å². The predicted molar refractivity (Wildman–Crippen MR) is 143 cm³/mol. The summed E-state index contributed by atoms with van der Waals surface area (Å²) in [5.74, 6) is 0. The molecule has 166 valence electrons. The number of rotatable bonds is 4. The lowest BCUT2D eigenvalue weighted by Crippen LogP contribution is -1.87. The van der Waals surface area contributed by atoms with Crippen molar-refractivity contribution >= 4 is 46.4 Å². The highest BCUT2D eigenvalue weighted by Crippen LogP contribution is 2.34. The van der Waals surface area contributed by atoms with Gasteiger partial charge in [0.2, 0.25) is 0 Å². The van der Waals surface area contributed by atoms with E-state index in [0.717, 1.165) is 64.1 Å². The van der Waals surface area contributed by atoms with Crippen LogP contribution in [0.3, 0.4) is 0 Å². The fourth-order valence-corrected chi connectivity index (χ4v) is 4.68. The number of aryl methyl sites for hydroxylation is 1. The van der Waals surface area contributed by atoms with Crippen LogP contribution in [0.2, 0.25) is 0 Å². The summed E-state index contributed by atoms with van der Waals surface area (Å²) >= 11 is 0. The Balaban J connectivity index is 1.71. The Bertz CT molecular complexity index is 1580. The van der Waals surface area contributed by atoms with Gasteiger partial charge in [-0.2, -0.15) is 0 Å². The van der Waals surface area contributed by atoms with Crippen LogP contribution in [0.4, 0.5) is 0 Å². The monoisotopic (exact) mass is 442 g/mol. The maximum Gasteiger partial charge on any atom is 0.0658 e. The molecule has 5 heterocycles. The number of benzene rings is 1. The topological polar surface area (TPSA) is 57.4 Å². The molecule has 0 radical (unpaired) electrons. The maximum atomic E-state index is 4.86. The van der Waals surface area contributed by atoms with Crippen LogP contribution >= 0.6 is 0 Å². The molecule has 0 atom stereocenters. The Morgan fingerprint density at radius 2 is 1.24 bits per heavy atom. The molecule has 4 nitrogen and oxygen atoms in total. The van der Waals surface area contributed by atoms with Crippen LogP contribution in [0, 0.1) is 0 Å². The van der Waals surface area contributed by atoms with Gasteiger partial charge in [-0.1, -0.05) is 43.7 Å². The van der Waals surface area contributed by atoms with Crippen LogP contribution in [-0.4, -0.2) is 19.9 Å². The summed E-state index contributed by atoms with van der Waals surface area (Å²) in [7, 11) is 0. The van der Waals surface area contributed by atoms with E-state index in [1.807, 2.05) is 0 Å². The molecule has 6 rings (SSSR count). The third-order valence-corrected chi connectivity index (χ3v) is 6.30. The Hall–Kier alpha value is -4.18. The van der Waals surface area contributed by atoms with E-state index in [9.17, 15) is 0 Å². The van der Waals surface area contributed by atoms with E-state index in [1.165, 1.54) is 16.7 Å². The smallest absolute Gasteiger partial charge is 0.0658 e. The second kappa shape index (κ2) is 8.64. The summed E-state index contributed by atoms with van der Waals surface area (Å²) in [6.45, 7) is 2.24.